The van der Waals surface area contributed by atoms with E-state index < -0.39 is 5.69 Å². The Labute approximate surface area is 140 Å². The van der Waals surface area contributed by atoms with E-state index in [4.69, 9.17) is 0 Å². The van der Waals surface area contributed by atoms with Gasteiger partial charge in [0.15, 0.2) is 0 Å². The van der Waals surface area contributed by atoms with E-state index in [2.05, 4.69) is 16.5 Å². The van der Waals surface area contributed by atoms with Crippen LogP contribution < -0.4 is 5.69 Å². The van der Waals surface area contributed by atoms with Crippen molar-refractivity contribution < 1.29 is 4.79 Å². The second-order valence-electron chi connectivity index (χ2n) is 5.75. The molecule has 3 rings (SSSR count). The molecule has 0 spiro atoms. The van der Waals surface area contributed by atoms with E-state index in [0.29, 0.717) is 12.2 Å². The summed E-state index contributed by atoms with van der Waals surface area (Å²) in [5, 5.41) is 7.71. The van der Waals surface area contributed by atoms with Crippen LogP contribution in [0.4, 0.5) is 0 Å². The molecule has 0 fully saturated rings. The first kappa shape index (κ1) is 16.2. The summed E-state index contributed by atoms with van der Waals surface area (Å²) in [5.74, 6) is -0.132. The third-order valence-corrected chi connectivity index (χ3v) is 4.16. The molecule has 0 saturated carbocycles. The molecule has 1 aromatic carbocycles. The Morgan fingerprint density at radius 2 is 2.00 bits per heavy atom. The quantitative estimate of drug-likeness (QED) is 0.838. The summed E-state index contributed by atoms with van der Waals surface area (Å²) >= 11 is 0. The molecular weight excluding hydrogens is 306 g/mol. The highest BCUT2D eigenvalue weighted by molar-refractivity contribution is 5.77. The van der Waals surface area contributed by atoms with Crippen molar-refractivity contribution in [3.05, 3.63) is 52.6 Å². The molecule has 0 radical (unpaired) electrons. The van der Waals surface area contributed by atoms with Gasteiger partial charge in [-0.3, -0.25) is 4.79 Å². The Kier molecular flexibility index (Phi) is 4.88. The van der Waals surface area contributed by atoms with Gasteiger partial charge in [-0.2, -0.15) is 9.36 Å². The lowest BCUT2D eigenvalue weighted by Gasteiger charge is -2.26. The van der Waals surface area contributed by atoms with Gasteiger partial charge in [0.05, 0.1) is 5.69 Å². The van der Waals surface area contributed by atoms with Crippen LogP contribution in [0, 0.1) is 0 Å². The highest BCUT2D eigenvalue weighted by atomic mass is 16.2. The van der Waals surface area contributed by atoms with Crippen molar-refractivity contribution in [2.45, 2.75) is 39.2 Å². The molecule has 1 aliphatic rings. The van der Waals surface area contributed by atoms with Gasteiger partial charge in [-0.05, 0) is 55.2 Å². The zero-order valence-corrected chi connectivity index (χ0v) is 13.8. The molecule has 7 nitrogen and oxygen atoms in total. The second kappa shape index (κ2) is 7.25. The summed E-state index contributed by atoms with van der Waals surface area (Å²) in [6.45, 7) is 2.43. The molecule has 0 unspecified atom stereocenters. The van der Waals surface area contributed by atoms with Crippen molar-refractivity contribution in [1.29, 1.82) is 0 Å². The lowest BCUT2D eigenvalue weighted by molar-refractivity contribution is -0.130. The first-order chi connectivity index (χ1) is 11.7. The van der Waals surface area contributed by atoms with E-state index >= 15 is 0 Å². The summed E-state index contributed by atoms with van der Waals surface area (Å²) in [6, 6.07) is 9.04. The number of nitrogens with zero attached hydrogens (tertiary/aromatic N) is 5. The third-order valence-electron chi connectivity index (χ3n) is 4.16. The summed E-state index contributed by atoms with van der Waals surface area (Å²) in [5.41, 5.74) is 1.27. The molecule has 0 atom stereocenters. The van der Waals surface area contributed by atoms with Gasteiger partial charge in [-0.1, -0.05) is 24.3 Å². The minimum absolute atomic E-state index is 0.100. The summed E-state index contributed by atoms with van der Waals surface area (Å²) in [4.78, 5) is 26.7. The monoisotopic (exact) mass is 327 g/mol. The number of hydrogen-bond acceptors (Lipinski definition) is 4. The van der Waals surface area contributed by atoms with E-state index in [1.807, 2.05) is 25.1 Å². The average Bonchev–Trinajstić information content (AvgIpc) is 2.98. The van der Waals surface area contributed by atoms with Crippen LogP contribution in [0.3, 0.4) is 0 Å². The van der Waals surface area contributed by atoms with Crippen LogP contribution in [0.5, 0.6) is 0 Å². The molecule has 1 aromatic heterocycles. The van der Waals surface area contributed by atoms with Crippen LogP contribution in [-0.2, 0) is 11.3 Å². The number of carbonyl (C=O) groups excluding carboxylic acids is 1. The van der Waals surface area contributed by atoms with Crippen LogP contribution in [0.1, 0.15) is 32.6 Å². The minimum atomic E-state index is -0.414. The Morgan fingerprint density at radius 1 is 1.21 bits per heavy atom. The number of allylic oxidation sites excluding steroid dienone is 2. The molecule has 0 aliphatic heterocycles. The fourth-order valence-corrected chi connectivity index (χ4v) is 2.92. The zero-order chi connectivity index (χ0) is 16.9. The van der Waals surface area contributed by atoms with E-state index in [1.54, 1.807) is 17.0 Å². The van der Waals surface area contributed by atoms with E-state index in [1.165, 1.54) is 11.1 Å². The summed E-state index contributed by atoms with van der Waals surface area (Å²) < 4.78 is 2.31. The molecule has 126 valence electrons. The number of aromatic nitrogens is 4. The maximum atomic E-state index is 12.6. The molecule has 0 saturated heterocycles. The van der Waals surface area contributed by atoms with Crippen LogP contribution >= 0.6 is 0 Å². The fraction of sp³-hybridized carbons (Fsp3) is 0.412. The van der Waals surface area contributed by atoms with Crippen molar-refractivity contribution in [1.82, 2.24) is 24.7 Å². The molecule has 1 aliphatic carbocycles. The van der Waals surface area contributed by atoms with Crippen molar-refractivity contribution in [3.8, 4) is 5.69 Å². The van der Waals surface area contributed by atoms with Gasteiger partial charge < -0.3 is 4.90 Å². The van der Waals surface area contributed by atoms with Gasteiger partial charge >= 0.3 is 5.69 Å². The molecule has 0 N–H and O–H groups in total. The standard InChI is InChI=1S/C17H21N5O2/c1-2-20(14-9-5-3-6-10-14)16(23)13-21-17(24)22(19-18-21)15-11-7-4-8-12-15/h4,7-9,11-12H,2-3,5-6,10,13H2,1H3. The number of para-hydroxylation sites is 1. The minimum Gasteiger partial charge on any atom is -0.315 e. The maximum Gasteiger partial charge on any atom is 0.368 e. The topological polar surface area (TPSA) is 73.0 Å². The van der Waals surface area contributed by atoms with Crippen LogP contribution in [-0.4, -0.2) is 37.1 Å². The second-order valence-corrected chi connectivity index (χ2v) is 5.75. The van der Waals surface area contributed by atoms with Crippen molar-refractivity contribution in [2.24, 2.45) is 0 Å². The van der Waals surface area contributed by atoms with Gasteiger partial charge in [-0.25, -0.2) is 4.79 Å². The highest BCUT2D eigenvalue weighted by Gasteiger charge is 2.20. The van der Waals surface area contributed by atoms with Gasteiger partial charge in [0.1, 0.15) is 6.54 Å². The number of tetrazole rings is 1. The average molecular weight is 327 g/mol. The molecule has 2 aromatic rings. The predicted octanol–water partition coefficient (Wildman–Crippen LogP) is 1.74. The van der Waals surface area contributed by atoms with Gasteiger partial charge in [0, 0.05) is 12.2 Å². The van der Waals surface area contributed by atoms with Gasteiger partial charge in [-0.15, -0.1) is 0 Å². The van der Waals surface area contributed by atoms with Crippen LogP contribution in [0.15, 0.2) is 46.9 Å². The lowest BCUT2D eigenvalue weighted by atomic mass is 10.0. The number of likely N-dealkylation sites (N-methyl/N-ethyl adjacent to an activating group) is 1. The smallest absolute Gasteiger partial charge is 0.315 e. The third kappa shape index (κ3) is 3.29. The van der Waals surface area contributed by atoms with E-state index in [0.717, 1.165) is 29.6 Å². The largest absolute Gasteiger partial charge is 0.368 e. The Bertz CT molecular complexity index is 791. The van der Waals surface area contributed by atoms with Crippen molar-refractivity contribution in [3.63, 3.8) is 0 Å². The highest BCUT2D eigenvalue weighted by Crippen LogP contribution is 2.21. The fourth-order valence-electron chi connectivity index (χ4n) is 2.92. The lowest BCUT2D eigenvalue weighted by Crippen LogP contribution is -2.37. The van der Waals surface area contributed by atoms with E-state index in [-0.39, 0.29) is 12.5 Å². The molecular formula is C17H21N5O2. The first-order valence-corrected chi connectivity index (χ1v) is 8.28. The number of rotatable bonds is 5. The van der Waals surface area contributed by atoms with Crippen LogP contribution in [0.2, 0.25) is 0 Å². The molecule has 1 heterocycles. The maximum absolute atomic E-state index is 12.6. The van der Waals surface area contributed by atoms with Gasteiger partial charge in [0.2, 0.25) is 5.91 Å². The molecule has 0 bridgehead atoms. The van der Waals surface area contributed by atoms with E-state index in [9.17, 15) is 9.59 Å². The molecule has 1 amide bonds. The Hall–Kier alpha value is -2.70. The molecule has 7 heteroatoms. The van der Waals surface area contributed by atoms with Gasteiger partial charge in [0.25, 0.3) is 0 Å². The van der Waals surface area contributed by atoms with Crippen molar-refractivity contribution >= 4 is 5.91 Å². The Balaban J connectivity index is 1.78. The SMILES string of the molecule is CCN(C(=O)Cn1nnn(-c2ccccc2)c1=O)C1=CCCCC1. The Morgan fingerprint density at radius 3 is 2.67 bits per heavy atom. The first-order valence-electron chi connectivity index (χ1n) is 8.28. The number of carbonyl (C=O) groups is 1. The zero-order valence-electron chi connectivity index (χ0n) is 13.8. The predicted molar refractivity (Wildman–Crippen MR) is 89.6 cm³/mol. The molecule has 24 heavy (non-hydrogen) atoms. The van der Waals surface area contributed by atoms with Crippen LogP contribution in [0.25, 0.3) is 5.69 Å². The number of benzene rings is 1. The van der Waals surface area contributed by atoms with Crippen molar-refractivity contribution in [2.75, 3.05) is 6.54 Å². The number of amides is 1. The summed E-state index contributed by atoms with van der Waals surface area (Å²) in [7, 11) is 0. The summed E-state index contributed by atoms with van der Waals surface area (Å²) in [6.07, 6.45) is 6.29. The number of hydrogen-bond donors (Lipinski definition) is 0. The normalized spacial score (nSPS) is 14.3.